The molecule has 3 atom stereocenters. The first kappa shape index (κ1) is 18.5. The highest BCUT2D eigenvalue weighted by molar-refractivity contribution is 7.91. The minimum absolute atomic E-state index is 0.00585. The van der Waals surface area contributed by atoms with Crippen molar-refractivity contribution in [3.8, 4) is 11.5 Å². The van der Waals surface area contributed by atoms with Crippen LogP contribution in [0, 0.1) is 0 Å². The lowest BCUT2D eigenvalue weighted by molar-refractivity contribution is 0.254. The second kappa shape index (κ2) is 7.54. The summed E-state index contributed by atoms with van der Waals surface area (Å²) < 4.78 is 35.9. The Balaban J connectivity index is 1.77. The quantitative estimate of drug-likeness (QED) is 0.838. The smallest absolute Gasteiger partial charge is 0.151 e. The molecule has 0 bridgehead atoms. The lowest BCUT2D eigenvalue weighted by Crippen LogP contribution is -2.45. The molecule has 3 unspecified atom stereocenters. The number of nitrogens with one attached hydrogen (secondary N) is 1. The van der Waals surface area contributed by atoms with Crippen LogP contribution in [0.25, 0.3) is 0 Å². The van der Waals surface area contributed by atoms with Crippen molar-refractivity contribution in [3.63, 3.8) is 0 Å². The maximum atomic E-state index is 12.1. The molecule has 140 valence electrons. The van der Waals surface area contributed by atoms with E-state index in [1.54, 1.807) is 0 Å². The number of sulfone groups is 1. The van der Waals surface area contributed by atoms with Gasteiger partial charge in [-0.15, -0.1) is 0 Å². The van der Waals surface area contributed by atoms with Gasteiger partial charge >= 0.3 is 0 Å². The molecule has 1 aromatic carbocycles. The predicted octanol–water partition coefficient (Wildman–Crippen LogP) is 2.85. The summed E-state index contributed by atoms with van der Waals surface area (Å²) in [4.78, 5) is 0. The van der Waals surface area contributed by atoms with Crippen LogP contribution in [0.15, 0.2) is 12.1 Å². The molecule has 1 aliphatic heterocycles. The van der Waals surface area contributed by atoms with E-state index in [0.717, 1.165) is 49.2 Å². The Labute approximate surface area is 151 Å². The van der Waals surface area contributed by atoms with Crippen LogP contribution in [-0.2, 0) is 22.8 Å². The number of ether oxygens (including phenoxy) is 2. The Kier molecular flexibility index (Phi) is 5.58. The van der Waals surface area contributed by atoms with Gasteiger partial charge < -0.3 is 14.8 Å². The molecule has 0 amide bonds. The van der Waals surface area contributed by atoms with Gasteiger partial charge in [0, 0.05) is 36.4 Å². The van der Waals surface area contributed by atoms with E-state index in [4.69, 9.17) is 9.47 Å². The van der Waals surface area contributed by atoms with Gasteiger partial charge in [0.05, 0.1) is 11.9 Å². The van der Waals surface area contributed by atoms with E-state index in [1.165, 1.54) is 11.8 Å². The Morgan fingerprint density at radius 1 is 1.28 bits per heavy atom. The average Bonchev–Trinajstić information content (AvgIpc) is 2.91. The minimum Gasteiger partial charge on any atom is -0.494 e. The van der Waals surface area contributed by atoms with Crippen molar-refractivity contribution >= 4 is 9.84 Å². The Morgan fingerprint density at radius 2 is 2.04 bits per heavy atom. The fourth-order valence-corrected chi connectivity index (χ4v) is 5.42. The number of rotatable bonds is 6. The molecule has 3 rings (SSSR count). The van der Waals surface area contributed by atoms with E-state index in [0.29, 0.717) is 13.2 Å². The van der Waals surface area contributed by atoms with Crippen LogP contribution in [0.3, 0.4) is 0 Å². The summed E-state index contributed by atoms with van der Waals surface area (Å²) in [5, 5.41) is 3.19. The van der Waals surface area contributed by atoms with Crippen LogP contribution in [0.4, 0.5) is 0 Å². The van der Waals surface area contributed by atoms with E-state index in [1.807, 2.05) is 6.92 Å². The largest absolute Gasteiger partial charge is 0.494 e. The molecular weight excluding hydrogens is 338 g/mol. The minimum atomic E-state index is -3.04. The molecule has 1 N–H and O–H groups in total. The maximum Gasteiger partial charge on any atom is 0.151 e. The lowest BCUT2D eigenvalue weighted by Gasteiger charge is -2.31. The monoisotopic (exact) mass is 367 g/mol. The van der Waals surface area contributed by atoms with Crippen molar-refractivity contribution < 1.29 is 17.9 Å². The zero-order valence-electron chi connectivity index (χ0n) is 15.4. The molecule has 0 saturated heterocycles. The molecule has 1 heterocycles. The Bertz CT molecular complexity index is 716. The lowest BCUT2D eigenvalue weighted by atomic mass is 9.94. The first-order valence-corrected chi connectivity index (χ1v) is 11.2. The highest BCUT2D eigenvalue weighted by atomic mass is 32.2. The first-order valence-electron chi connectivity index (χ1n) is 9.26. The van der Waals surface area contributed by atoms with Gasteiger partial charge in [0.25, 0.3) is 0 Å². The molecule has 2 aliphatic rings. The Morgan fingerprint density at radius 3 is 2.76 bits per heavy atom. The van der Waals surface area contributed by atoms with Crippen molar-refractivity contribution in [3.05, 3.63) is 23.3 Å². The highest BCUT2D eigenvalue weighted by Gasteiger charge is 2.32. The number of benzene rings is 1. The van der Waals surface area contributed by atoms with Gasteiger partial charge in [-0.1, -0.05) is 12.8 Å². The topological polar surface area (TPSA) is 64.6 Å². The third-order valence-electron chi connectivity index (χ3n) is 5.19. The van der Waals surface area contributed by atoms with Gasteiger partial charge in [0.2, 0.25) is 0 Å². The first-order chi connectivity index (χ1) is 11.9. The molecule has 1 aromatic rings. The number of hydrogen-bond acceptors (Lipinski definition) is 5. The fraction of sp³-hybridized carbons (Fsp3) is 0.684. The van der Waals surface area contributed by atoms with Gasteiger partial charge in [0.15, 0.2) is 9.84 Å². The van der Waals surface area contributed by atoms with Crippen LogP contribution < -0.4 is 14.8 Å². The molecule has 0 radical (unpaired) electrons. The van der Waals surface area contributed by atoms with Crippen molar-refractivity contribution in [1.82, 2.24) is 5.32 Å². The molecule has 1 fully saturated rings. The summed E-state index contributed by atoms with van der Waals surface area (Å²) in [7, 11) is -3.04. The van der Waals surface area contributed by atoms with Crippen molar-refractivity contribution in [2.75, 3.05) is 12.9 Å². The van der Waals surface area contributed by atoms with Crippen molar-refractivity contribution in [1.29, 1.82) is 0 Å². The summed E-state index contributed by atoms with van der Waals surface area (Å²) in [5.41, 5.74) is 2.22. The van der Waals surface area contributed by atoms with Crippen molar-refractivity contribution in [2.45, 2.75) is 69.9 Å². The summed E-state index contributed by atoms with van der Waals surface area (Å²) in [5.74, 6) is 1.80. The molecule has 1 saturated carbocycles. The van der Waals surface area contributed by atoms with E-state index in [9.17, 15) is 8.42 Å². The van der Waals surface area contributed by atoms with Crippen LogP contribution in [0.2, 0.25) is 0 Å². The van der Waals surface area contributed by atoms with Crippen LogP contribution in [0.5, 0.6) is 11.5 Å². The third-order valence-corrected chi connectivity index (χ3v) is 6.85. The maximum absolute atomic E-state index is 12.1. The normalized spacial score (nSPS) is 26.1. The van der Waals surface area contributed by atoms with Gasteiger partial charge in [-0.05, 0) is 38.8 Å². The van der Waals surface area contributed by atoms with Crippen LogP contribution in [0.1, 0.15) is 50.7 Å². The van der Waals surface area contributed by atoms with E-state index in [-0.39, 0.29) is 17.4 Å². The van der Waals surface area contributed by atoms with Gasteiger partial charge in [0.1, 0.15) is 17.6 Å². The van der Waals surface area contributed by atoms with E-state index in [2.05, 4.69) is 24.4 Å². The molecule has 5 nitrogen and oxygen atoms in total. The summed E-state index contributed by atoms with van der Waals surface area (Å²) in [6.07, 6.45) is 6.17. The summed E-state index contributed by atoms with van der Waals surface area (Å²) in [6.45, 7) is 5.25. The van der Waals surface area contributed by atoms with E-state index >= 15 is 0 Å². The fourth-order valence-electron chi connectivity index (χ4n) is 3.99. The second-order valence-electron chi connectivity index (χ2n) is 7.27. The van der Waals surface area contributed by atoms with Crippen LogP contribution in [-0.4, -0.2) is 38.7 Å². The standard InChI is InChI=1S/C19H29NO4S/c1-4-23-17-10-14-9-13(2)24-18(14)11-15(17)12-20-16-7-5-6-8-19(16)25(3,21)22/h10-11,13,16,19-20H,4-9,12H2,1-3H3. The molecule has 6 heteroatoms. The highest BCUT2D eigenvalue weighted by Crippen LogP contribution is 2.35. The molecule has 25 heavy (non-hydrogen) atoms. The van der Waals surface area contributed by atoms with Crippen molar-refractivity contribution in [2.24, 2.45) is 0 Å². The molecular formula is C19H29NO4S. The average molecular weight is 368 g/mol. The Hall–Kier alpha value is -1.27. The summed E-state index contributed by atoms with van der Waals surface area (Å²) in [6, 6.07) is 4.13. The molecule has 0 spiro atoms. The SMILES string of the molecule is CCOc1cc2c(cc1CNC1CCCCC1S(C)(=O)=O)OC(C)C2. The van der Waals surface area contributed by atoms with Crippen LogP contribution >= 0.6 is 0 Å². The van der Waals surface area contributed by atoms with Gasteiger partial charge in [-0.25, -0.2) is 8.42 Å². The zero-order valence-corrected chi connectivity index (χ0v) is 16.2. The number of hydrogen-bond donors (Lipinski definition) is 1. The molecule has 1 aliphatic carbocycles. The van der Waals surface area contributed by atoms with Gasteiger partial charge in [-0.2, -0.15) is 0 Å². The molecule has 0 aromatic heterocycles. The third kappa shape index (κ3) is 4.29. The number of fused-ring (bicyclic) bond motifs is 1. The zero-order chi connectivity index (χ0) is 18.0. The predicted molar refractivity (Wildman–Crippen MR) is 99.1 cm³/mol. The second-order valence-corrected chi connectivity index (χ2v) is 9.54. The van der Waals surface area contributed by atoms with Gasteiger partial charge in [-0.3, -0.25) is 0 Å². The summed E-state index contributed by atoms with van der Waals surface area (Å²) >= 11 is 0. The van der Waals surface area contributed by atoms with E-state index < -0.39 is 9.84 Å².